The molecule has 1 aromatic heterocycles. The predicted molar refractivity (Wildman–Crippen MR) is 90.1 cm³/mol. The SMILES string of the molecule is Cn1cnnc1-c1ccc(NC(=O)N2CCCCCCC2)cc1. The minimum atomic E-state index is -0.00157. The van der Waals surface area contributed by atoms with Crippen LogP contribution < -0.4 is 5.32 Å². The fraction of sp³-hybridized carbons (Fsp3) is 0.471. The van der Waals surface area contributed by atoms with Gasteiger partial charge >= 0.3 is 6.03 Å². The molecule has 0 unspecified atom stereocenters. The van der Waals surface area contributed by atoms with Crippen molar-refractivity contribution in [3.8, 4) is 11.4 Å². The number of carbonyl (C=O) groups is 1. The van der Waals surface area contributed by atoms with Gasteiger partial charge in [-0.1, -0.05) is 19.3 Å². The third kappa shape index (κ3) is 3.88. The summed E-state index contributed by atoms with van der Waals surface area (Å²) in [5.41, 5.74) is 1.79. The molecule has 23 heavy (non-hydrogen) atoms. The largest absolute Gasteiger partial charge is 0.325 e. The van der Waals surface area contributed by atoms with Gasteiger partial charge in [0.2, 0.25) is 0 Å². The summed E-state index contributed by atoms with van der Waals surface area (Å²) in [5.74, 6) is 0.812. The lowest BCUT2D eigenvalue weighted by Gasteiger charge is -2.25. The first-order valence-electron chi connectivity index (χ1n) is 8.24. The lowest BCUT2D eigenvalue weighted by Crippen LogP contribution is -2.37. The van der Waals surface area contributed by atoms with E-state index in [4.69, 9.17) is 0 Å². The maximum Gasteiger partial charge on any atom is 0.321 e. The van der Waals surface area contributed by atoms with Gasteiger partial charge in [-0.2, -0.15) is 0 Å². The number of amides is 2. The van der Waals surface area contributed by atoms with Crippen LogP contribution in [0.5, 0.6) is 0 Å². The number of hydrogen-bond donors (Lipinski definition) is 1. The van der Waals surface area contributed by atoms with E-state index >= 15 is 0 Å². The van der Waals surface area contributed by atoms with Gasteiger partial charge in [0.05, 0.1) is 0 Å². The Labute approximate surface area is 136 Å². The summed E-state index contributed by atoms with van der Waals surface area (Å²) < 4.78 is 1.87. The minimum Gasteiger partial charge on any atom is -0.325 e. The number of urea groups is 1. The first-order valence-corrected chi connectivity index (χ1v) is 8.24. The van der Waals surface area contributed by atoms with Gasteiger partial charge in [0, 0.05) is 31.4 Å². The van der Waals surface area contributed by atoms with Crippen LogP contribution >= 0.6 is 0 Å². The molecule has 2 heterocycles. The second kappa shape index (κ2) is 7.26. The topological polar surface area (TPSA) is 63.1 Å². The van der Waals surface area contributed by atoms with Crippen LogP contribution in [-0.4, -0.2) is 38.8 Å². The van der Waals surface area contributed by atoms with Gasteiger partial charge in [-0.25, -0.2) is 4.79 Å². The van der Waals surface area contributed by atoms with E-state index in [0.29, 0.717) is 0 Å². The van der Waals surface area contributed by atoms with E-state index in [2.05, 4.69) is 15.5 Å². The zero-order valence-corrected chi connectivity index (χ0v) is 13.5. The molecule has 1 aromatic carbocycles. The third-order valence-corrected chi connectivity index (χ3v) is 4.25. The lowest BCUT2D eigenvalue weighted by molar-refractivity contribution is 0.206. The summed E-state index contributed by atoms with van der Waals surface area (Å²) in [6.07, 6.45) is 7.59. The van der Waals surface area contributed by atoms with E-state index in [1.165, 1.54) is 19.3 Å². The Bertz CT molecular complexity index is 641. The molecular formula is C17H23N5O. The molecule has 2 aromatic rings. The van der Waals surface area contributed by atoms with Crippen LogP contribution in [0.1, 0.15) is 32.1 Å². The highest BCUT2D eigenvalue weighted by molar-refractivity contribution is 5.89. The summed E-state index contributed by atoms with van der Waals surface area (Å²) in [7, 11) is 1.91. The summed E-state index contributed by atoms with van der Waals surface area (Å²) in [6, 6.07) is 7.72. The zero-order chi connectivity index (χ0) is 16.1. The van der Waals surface area contributed by atoms with Crippen LogP contribution in [0.2, 0.25) is 0 Å². The van der Waals surface area contributed by atoms with Crippen molar-refractivity contribution in [3.63, 3.8) is 0 Å². The number of nitrogens with zero attached hydrogens (tertiary/aromatic N) is 4. The van der Waals surface area contributed by atoms with Crippen LogP contribution in [0.4, 0.5) is 10.5 Å². The molecule has 1 fully saturated rings. The van der Waals surface area contributed by atoms with Gasteiger partial charge < -0.3 is 14.8 Å². The second-order valence-electron chi connectivity index (χ2n) is 6.03. The molecule has 0 aliphatic carbocycles. The highest BCUT2D eigenvalue weighted by Crippen LogP contribution is 2.19. The van der Waals surface area contributed by atoms with Crippen molar-refractivity contribution < 1.29 is 4.79 Å². The lowest BCUT2D eigenvalue weighted by atomic mass is 10.1. The highest BCUT2D eigenvalue weighted by atomic mass is 16.2. The Morgan fingerprint density at radius 3 is 2.30 bits per heavy atom. The maximum atomic E-state index is 12.4. The number of carbonyl (C=O) groups excluding carboxylic acids is 1. The Morgan fingerprint density at radius 2 is 1.70 bits per heavy atom. The van der Waals surface area contributed by atoms with Crippen molar-refractivity contribution in [1.29, 1.82) is 0 Å². The van der Waals surface area contributed by atoms with Crippen molar-refractivity contribution in [3.05, 3.63) is 30.6 Å². The average molecular weight is 313 g/mol. The standard InChI is InChI=1S/C17H23N5O/c1-21-13-18-20-16(21)14-7-9-15(10-8-14)19-17(23)22-11-5-3-2-4-6-12-22/h7-10,13H,2-6,11-12H2,1H3,(H,19,23). The van der Waals surface area contributed by atoms with Gasteiger partial charge in [0.1, 0.15) is 6.33 Å². The van der Waals surface area contributed by atoms with E-state index in [1.807, 2.05) is 40.8 Å². The molecule has 2 amide bonds. The molecule has 122 valence electrons. The Balaban J connectivity index is 1.63. The fourth-order valence-electron chi connectivity index (χ4n) is 2.90. The van der Waals surface area contributed by atoms with Gasteiger partial charge in [-0.05, 0) is 37.1 Å². The smallest absolute Gasteiger partial charge is 0.321 e. The molecule has 1 aliphatic rings. The third-order valence-electron chi connectivity index (χ3n) is 4.25. The number of aryl methyl sites for hydroxylation is 1. The number of likely N-dealkylation sites (tertiary alicyclic amines) is 1. The monoisotopic (exact) mass is 313 g/mol. The molecule has 1 aliphatic heterocycles. The van der Waals surface area contributed by atoms with Gasteiger partial charge in [-0.3, -0.25) is 0 Å². The zero-order valence-electron chi connectivity index (χ0n) is 13.5. The summed E-state index contributed by atoms with van der Waals surface area (Å²) in [6.45, 7) is 1.70. The number of benzene rings is 1. The molecule has 6 heteroatoms. The van der Waals surface area contributed by atoms with Crippen LogP contribution in [-0.2, 0) is 7.05 Å². The Hall–Kier alpha value is -2.37. The van der Waals surface area contributed by atoms with Crippen molar-refractivity contribution in [2.45, 2.75) is 32.1 Å². The molecule has 0 atom stereocenters. The Morgan fingerprint density at radius 1 is 1.04 bits per heavy atom. The number of rotatable bonds is 2. The summed E-state index contributed by atoms with van der Waals surface area (Å²) in [4.78, 5) is 14.3. The molecule has 0 saturated carbocycles. The molecule has 1 saturated heterocycles. The molecule has 6 nitrogen and oxygen atoms in total. The maximum absolute atomic E-state index is 12.4. The number of hydrogen-bond acceptors (Lipinski definition) is 3. The molecule has 0 spiro atoms. The van der Waals surface area contributed by atoms with Gasteiger partial charge in [-0.15, -0.1) is 10.2 Å². The first-order chi connectivity index (χ1) is 11.2. The average Bonchev–Trinajstić information content (AvgIpc) is 2.94. The van der Waals surface area contributed by atoms with Crippen molar-refractivity contribution in [2.24, 2.45) is 7.05 Å². The van der Waals surface area contributed by atoms with Crippen LogP contribution in [0.3, 0.4) is 0 Å². The molecule has 1 N–H and O–H groups in total. The normalized spacial score (nSPS) is 15.8. The molecule has 0 bridgehead atoms. The van der Waals surface area contributed by atoms with E-state index in [0.717, 1.165) is 43.0 Å². The summed E-state index contributed by atoms with van der Waals surface area (Å²) >= 11 is 0. The van der Waals surface area contributed by atoms with E-state index in [-0.39, 0.29) is 6.03 Å². The predicted octanol–water partition coefficient (Wildman–Crippen LogP) is 3.28. The number of anilines is 1. The number of aromatic nitrogens is 3. The quantitative estimate of drug-likeness (QED) is 0.925. The van der Waals surface area contributed by atoms with Crippen LogP contribution in [0.15, 0.2) is 30.6 Å². The molecule has 3 rings (SSSR count). The number of nitrogens with one attached hydrogen (secondary N) is 1. The van der Waals surface area contributed by atoms with Crippen molar-refractivity contribution in [2.75, 3.05) is 18.4 Å². The van der Waals surface area contributed by atoms with Crippen LogP contribution in [0.25, 0.3) is 11.4 Å². The van der Waals surface area contributed by atoms with E-state index in [1.54, 1.807) is 6.33 Å². The summed E-state index contributed by atoms with van der Waals surface area (Å²) in [5, 5.41) is 11.0. The Kier molecular flexibility index (Phi) is 4.90. The highest BCUT2D eigenvalue weighted by Gasteiger charge is 2.14. The molecule has 0 radical (unpaired) electrons. The van der Waals surface area contributed by atoms with Crippen LogP contribution in [0, 0.1) is 0 Å². The fourth-order valence-corrected chi connectivity index (χ4v) is 2.90. The molecular weight excluding hydrogens is 290 g/mol. The van der Waals surface area contributed by atoms with Crippen molar-refractivity contribution in [1.82, 2.24) is 19.7 Å². The van der Waals surface area contributed by atoms with Crippen molar-refractivity contribution >= 4 is 11.7 Å². The van der Waals surface area contributed by atoms with E-state index < -0.39 is 0 Å². The van der Waals surface area contributed by atoms with Gasteiger partial charge in [0.15, 0.2) is 5.82 Å². The minimum absolute atomic E-state index is 0.00157. The second-order valence-corrected chi connectivity index (χ2v) is 6.03. The first kappa shape index (κ1) is 15.5. The van der Waals surface area contributed by atoms with E-state index in [9.17, 15) is 4.79 Å². The van der Waals surface area contributed by atoms with Gasteiger partial charge in [0.25, 0.3) is 0 Å².